The van der Waals surface area contributed by atoms with Gasteiger partial charge in [0.1, 0.15) is 0 Å². The topological polar surface area (TPSA) is 75.8 Å². The van der Waals surface area contributed by atoms with Crippen LogP contribution in [0.25, 0.3) is 0 Å². The van der Waals surface area contributed by atoms with E-state index in [1.54, 1.807) is 11.8 Å². The molecule has 0 fully saturated rings. The number of non-ortho nitro benzene ring substituents is 1. The Hall–Kier alpha value is -2.67. The molecule has 0 saturated carbocycles. The summed E-state index contributed by atoms with van der Waals surface area (Å²) in [7, 11) is 0. The van der Waals surface area contributed by atoms with Crippen molar-refractivity contribution < 1.29 is 9.72 Å². The predicted molar refractivity (Wildman–Crippen MR) is 105 cm³/mol. The van der Waals surface area contributed by atoms with E-state index in [9.17, 15) is 14.9 Å². The van der Waals surface area contributed by atoms with Crippen LogP contribution in [0, 0.1) is 17.0 Å². The third-order valence-electron chi connectivity index (χ3n) is 4.12. The van der Waals surface area contributed by atoms with E-state index in [2.05, 4.69) is 4.99 Å². The fourth-order valence-corrected chi connectivity index (χ4v) is 3.69. The van der Waals surface area contributed by atoms with Crippen molar-refractivity contribution in [2.75, 3.05) is 23.7 Å². The van der Waals surface area contributed by atoms with Crippen LogP contribution in [0.15, 0.2) is 53.5 Å². The third-order valence-corrected chi connectivity index (χ3v) is 5.22. The first-order chi connectivity index (χ1) is 12.6. The molecule has 1 aliphatic heterocycles. The number of benzene rings is 2. The van der Waals surface area contributed by atoms with E-state index in [4.69, 9.17) is 0 Å². The zero-order chi connectivity index (χ0) is 18.5. The lowest BCUT2D eigenvalue weighted by Gasteiger charge is -2.28. The van der Waals surface area contributed by atoms with Gasteiger partial charge in [0.25, 0.3) is 5.69 Å². The largest absolute Gasteiger partial charge is 0.313 e. The summed E-state index contributed by atoms with van der Waals surface area (Å²) in [5, 5.41) is 11.6. The zero-order valence-electron chi connectivity index (χ0n) is 14.4. The van der Waals surface area contributed by atoms with Crippen molar-refractivity contribution in [3.8, 4) is 0 Å². The minimum Gasteiger partial charge on any atom is -0.313 e. The van der Waals surface area contributed by atoms with E-state index in [-0.39, 0.29) is 18.0 Å². The Bertz CT molecular complexity index is 849. The number of amidine groups is 1. The maximum Gasteiger partial charge on any atom is 0.269 e. The van der Waals surface area contributed by atoms with Crippen molar-refractivity contribution in [3.63, 3.8) is 0 Å². The van der Waals surface area contributed by atoms with Crippen molar-refractivity contribution in [1.29, 1.82) is 0 Å². The molecule has 3 rings (SSSR count). The number of aliphatic imine (C=N–C) groups is 1. The molecule has 26 heavy (non-hydrogen) atoms. The van der Waals surface area contributed by atoms with Crippen LogP contribution in [0.1, 0.15) is 22.3 Å². The monoisotopic (exact) mass is 369 g/mol. The Morgan fingerprint density at radius 1 is 1.23 bits per heavy atom. The van der Waals surface area contributed by atoms with Crippen molar-refractivity contribution in [1.82, 2.24) is 0 Å². The van der Waals surface area contributed by atoms with Gasteiger partial charge in [0.2, 0.25) is 0 Å². The lowest BCUT2D eigenvalue weighted by atomic mass is 10.1. The zero-order valence-corrected chi connectivity index (χ0v) is 15.2. The lowest BCUT2D eigenvalue weighted by molar-refractivity contribution is -0.384. The number of nitro groups is 1. The first kappa shape index (κ1) is 18.1. The van der Waals surface area contributed by atoms with E-state index in [1.165, 1.54) is 24.3 Å². The molecule has 6 nitrogen and oxygen atoms in total. The summed E-state index contributed by atoms with van der Waals surface area (Å²) in [5.41, 5.74) is 2.45. The highest BCUT2D eigenvalue weighted by Crippen LogP contribution is 2.26. The molecule has 7 heteroatoms. The lowest BCUT2D eigenvalue weighted by Crippen LogP contribution is -2.36. The molecular formula is C19H19N3O3S. The van der Waals surface area contributed by atoms with Gasteiger partial charge in [0.05, 0.1) is 11.5 Å². The highest BCUT2D eigenvalue weighted by molar-refractivity contribution is 8.14. The van der Waals surface area contributed by atoms with Crippen LogP contribution in [0.2, 0.25) is 0 Å². The van der Waals surface area contributed by atoms with Gasteiger partial charge in [0, 0.05) is 35.7 Å². The van der Waals surface area contributed by atoms with Crippen LogP contribution < -0.4 is 4.90 Å². The molecule has 0 unspecified atom stereocenters. The van der Waals surface area contributed by atoms with Crippen molar-refractivity contribution in [3.05, 3.63) is 69.8 Å². The molecule has 0 spiro atoms. The first-order valence-electron chi connectivity index (χ1n) is 8.34. The Morgan fingerprint density at radius 3 is 2.58 bits per heavy atom. The number of aryl methyl sites for hydroxylation is 1. The average Bonchev–Trinajstić information content (AvgIpc) is 2.67. The maximum absolute atomic E-state index is 12.8. The van der Waals surface area contributed by atoms with Gasteiger partial charge in [-0.15, -0.1) is 0 Å². The SMILES string of the molecule is Cc1ccccc1N(CC(=O)c1ccc([N+](=O)[O-])cc1)C1=NCCCS1. The number of ketones is 1. The van der Waals surface area contributed by atoms with Gasteiger partial charge >= 0.3 is 0 Å². The predicted octanol–water partition coefficient (Wildman–Crippen LogP) is 4.09. The number of anilines is 1. The number of para-hydroxylation sites is 1. The molecule has 0 radical (unpaired) electrons. The highest BCUT2D eigenvalue weighted by Gasteiger charge is 2.22. The van der Waals surface area contributed by atoms with E-state index < -0.39 is 4.92 Å². The molecule has 1 heterocycles. The summed E-state index contributed by atoms with van der Waals surface area (Å²) in [6.07, 6.45) is 1.03. The van der Waals surface area contributed by atoms with Gasteiger partial charge in [-0.05, 0) is 37.1 Å². The van der Waals surface area contributed by atoms with Crippen LogP contribution in [-0.4, -0.2) is 34.7 Å². The summed E-state index contributed by atoms with van der Waals surface area (Å²) in [6.45, 7) is 2.91. The number of rotatable bonds is 5. The normalized spacial score (nSPS) is 13.8. The molecule has 0 N–H and O–H groups in total. The van der Waals surface area contributed by atoms with E-state index >= 15 is 0 Å². The van der Waals surface area contributed by atoms with Crippen molar-refractivity contribution in [2.24, 2.45) is 4.99 Å². The average molecular weight is 369 g/mol. The summed E-state index contributed by atoms with van der Waals surface area (Å²) in [4.78, 5) is 29.6. The Labute approximate surface area is 156 Å². The molecule has 0 saturated heterocycles. The number of hydrogen-bond donors (Lipinski definition) is 0. The summed E-state index contributed by atoms with van der Waals surface area (Å²) < 4.78 is 0. The molecule has 2 aromatic rings. The van der Waals surface area contributed by atoms with E-state index in [0.717, 1.165) is 35.1 Å². The summed E-state index contributed by atoms with van der Waals surface area (Å²) in [5.74, 6) is 0.879. The van der Waals surface area contributed by atoms with Crippen LogP contribution >= 0.6 is 11.8 Å². The van der Waals surface area contributed by atoms with Gasteiger partial charge in [0.15, 0.2) is 11.0 Å². The van der Waals surface area contributed by atoms with Gasteiger partial charge < -0.3 is 4.90 Å². The molecule has 0 amide bonds. The Kier molecular flexibility index (Phi) is 5.68. The smallest absolute Gasteiger partial charge is 0.269 e. The molecule has 0 bridgehead atoms. The molecule has 2 aromatic carbocycles. The number of carbonyl (C=O) groups is 1. The first-order valence-corrected chi connectivity index (χ1v) is 9.33. The van der Waals surface area contributed by atoms with Gasteiger partial charge in [-0.1, -0.05) is 30.0 Å². The number of hydrogen-bond acceptors (Lipinski definition) is 6. The number of nitro benzene ring substituents is 1. The van der Waals surface area contributed by atoms with Gasteiger partial charge in [-0.3, -0.25) is 19.9 Å². The third kappa shape index (κ3) is 4.11. The summed E-state index contributed by atoms with van der Waals surface area (Å²) >= 11 is 1.65. The van der Waals surface area contributed by atoms with Crippen LogP contribution in [0.3, 0.4) is 0 Å². The minimum atomic E-state index is -0.471. The molecule has 0 atom stereocenters. The number of carbonyl (C=O) groups excluding carboxylic acids is 1. The quantitative estimate of drug-likeness (QED) is 0.451. The molecule has 0 aromatic heterocycles. The van der Waals surface area contributed by atoms with Crippen molar-refractivity contribution >= 4 is 34.1 Å². The van der Waals surface area contributed by atoms with Gasteiger partial charge in [-0.2, -0.15) is 0 Å². The van der Waals surface area contributed by atoms with E-state index in [0.29, 0.717) is 5.56 Å². The molecular weight excluding hydrogens is 350 g/mol. The van der Waals surface area contributed by atoms with Crippen LogP contribution in [-0.2, 0) is 0 Å². The number of nitrogens with zero attached hydrogens (tertiary/aromatic N) is 3. The summed E-state index contributed by atoms with van der Waals surface area (Å²) in [6, 6.07) is 13.6. The fourth-order valence-electron chi connectivity index (χ4n) is 2.74. The molecule has 134 valence electrons. The number of Topliss-reactive ketones (excluding diaryl/α,β-unsaturated/α-hetero) is 1. The number of thioether (sulfide) groups is 1. The Balaban J connectivity index is 1.87. The molecule has 0 aliphatic carbocycles. The maximum atomic E-state index is 12.8. The second-order valence-electron chi connectivity index (χ2n) is 5.97. The fraction of sp³-hybridized carbons (Fsp3) is 0.263. The van der Waals surface area contributed by atoms with Crippen LogP contribution in [0.4, 0.5) is 11.4 Å². The highest BCUT2D eigenvalue weighted by atomic mass is 32.2. The second kappa shape index (κ2) is 8.14. The van der Waals surface area contributed by atoms with E-state index in [1.807, 2.05) is 36.1 Å². The van der Waals surface area contributed by atoms with Crippen molar-refractivity contribution in [2.45, 2.75) is 13.3 Å². The standard InChI is InChI=1S/C19H19N3O3S/c1-14-5-2-3-6-17(14)21(19-20-11-4-12-26-19)13-18(23)15-7-9-16(10-8-15)22(24)25/h2-3,5-10H,4,11-13H2,1H3. The molecule has 1 aliphatic rings. The minimum absolute atomic E-state index is 0.0236. The Morgan fingerprint density at radius 2 is 1.96 bits per heavy atom. The second-order valence-corrected chi connectivity index (χ2v) is 7.03. The van der Waals surface area contributed by atoms with Gasteiger partial charge in [-0.25, -0.2) is 0 Å². The van der Waals surface area contributed by atoms with Crippen LogP contribution in [0.5, 0.6) is 0 Å².